The molecule has 2 aromatic rings. The second-order valence-electron chi connectivity index (χ2n) is 4.02. The fraction of sp³-hybridized carbons (Fsp3) is 0.364. The summed E-state index contributed by atoms with van der Waals surface area (Å²) in [5, 5.41) is 8.39. The summed E-state index contributed by atoms with van der Waals surface area (Å²) >= 11 is 0. The van der Waals surface area contributed by atoms with Gasteiger partial charge in [-0.15, -0.1) is 0 Å². The molecule has 72 valence electrons. The summed E-state index contributed by atoms with van der Waals surface area (Å²) in [7, 11) is 2.17. The van der Waals surface area contributed by atoms with E-state index in [9.17, 15) is 0 Å². The van der Waals surface area contributed by atoms with Crippen molar-refractivity contribution in [3.63, 3.8) is 0 Å². The lowest BCUT2D eigenvalue weighted by Crippen LogP contribution is -2.26. The largest absolute Gasteiger partial charge is 0.302 e. The number of fused-ring (bicyclic) bond motifs is 3. The Hall–Kier alpha value is -1.35. The molecule has 1 aliphatic rings. The van der Waals surface area contributed by atoms with Crippen LogP contribution in [0.4, 0.5) is 0 Å². The summed E-state index contributed by atoms with van der Waals surface area (Å²) in [6.07, 6.45) is 3.10. The van der Waals surface area contributed by atoms with Gasteiger partial charge in [-0.3, -0.25) is 5.10 Å². The topological polar surface area (TPSA) is 31.9 Å². The molecule has 1 N–H and O–H groups in total. The fourth-order valence-electron chi connectivity index (χ4n) is 2.20. The van der Waals surface area contributed by atoms with Gasteiger partial charge in [0.15, 0.2) is 0 Å². The van der Waals surface area contributed by atoms with Gasteiger partial charge in [0.2, 0.25) is 0 Å². The number of aromatic amines is 1. The molecule has 0 aliphatic carbocycles. The zero-order chi connectivity index (χ0) is 9.54. The van der Waals surface area contributed by atoms with Crippen molar-refractivity contribution < 1.29 is 0 Å². The molecule has 0 unspecified atom stereocenters. The normalized spacial score (nSPS) is 17.2. The second-order valence-corrected chi connectivity index (χ2v) is 4.02. The van der Waals surface area contributed by atoms with Crippen LogP contribution in [-0.2, 0) is 13.0 Å². The molecule has 14 heavy (non-hydrogen) atoms. The van der Waals surface area contributed by atoms with Crippen molar-refractivity contribution in [2.45, 2.75) is 13.0 Å². The number of likely N-dealkylation sites (N-methyl/N-ethyl adjacent to an activating group) is 1. The molecule has 0 atom stereocenters. The van der Waals surface area contributed by atoms with E-state index in [0.717, 1.165) is 25.0 Å². The van der Waals surface area contributed by atoms with E-state index >= 15 is 0 Å². The minimum absolute atomic E-state index is 1.05. The number of nitrogens with zero attached hydrogens (tertiary/aromatic N) is 2. The van der Waals surface area contributed by atoms with Crippen molar-refractivity contribution in [3.05, 3.63) is 29.5 Å². The molecule has 0 amide bonds. The Bertz CT molecular complexity index is 472. The molecule has 1 aromatic heterocycles. The van der Waals surface area contributed by atoms with Crippen LogP contribution in [0.25, 0.3) is 10.9 Å². The predicted molar refractivity (Wildman–Crippen MR) is 56.1 cm³/mol. The average Bonchev–Trinajstić information content (AvgIpc) is 2.65. The first-order valence-electron chi connectivity index (χ1n) is 4.97. The number of benzene rings is 1. The molecule has 1 aromatic carbocycles. The predicted octanol–water partition coefficient (Wildman–Crippen LogP) is 1.55. The maximum Gasteiger partial charge on any atom is 0.0653 e. The van der Waals surface area contributed by atoms with Crippen LogP contribution in [0, 0.1) is 0 Å². The Morgan fingerprint density at radius 1 is 1.43 bits per heavy atom. The minimum Gasteiger partial charge on any atom is -0.302 e. The van der Waals surface area contributed by atoms with Crippen molar-refractivity contribution in [2.24, 2.45) is 0 Å². The summed E-state index contributed by atoms with van der Waals surface area (Å²) in [6, 6.07) is 4.36. The average molecular weight is 187 g/mol. The van der Waals surface area contributed by atoms with Gasteiger partial charge in [-0.05, 0) is 30.7 Å². The zero-order valence-electron chi connectivity index (χ0n) is 8.25. The molecule has 3 rings (SSSR count). The van der Waals surface area contributed by atoms with Crippen LogP contribution in [0.5, 0.6) is 0 Å². The standard InChI is InChI=1S/C11H13N3/c1-14-5-4-8-2-3-11-9(6-12-13-11)10(8)7-14/h2-3,6H,4-5,7H2,1H3,(H,12,13). The van der Waals surface area contributed by atoms with E-state index in [1.54, 1.807) is 0 Å². The molecule has 2 heterocycles. The van der Waals surface area contributed by atoms with Gasteiger partial charge in [-0.2, -0.15) is 5.10 Å². The molecule has 0 saturated carbocycles. The molecule has 3 nitrogen and oxygen atoms in total. The Morgan fingerprint density at radius 3 is 3.29 bits per heavy atom. The first kappa shape index (κ1) is 8.00. The molecule has 0 radical (unpaired) electrons. The Labute approximate surface area is 82.7 Å². The molecule has 0 fully saturated rings. The molecular weight excluding hydrogens is 174 g/mol. The third-order valence-corrected chi connectivity index (χ3v) is 3.02. The summed E-state index contributed by atoms with van der Waals surface area (Å²) in [6.45, 7) is 2.21. The maximum absolute atomic E-state index is 4.09. The van der Waals surface area contributed by atoms with Crippen LogP contribution < -0.4 is 0 Å². The number of hydrogen-bond donors (Lipinski definition) is 1. The Kier molecular flexibility index (Phi) is 1.61. The van der Waals surface area contributed by atoms with E-state index in [1.165, 1.54) is 16.5 Å². The van der Waals surface area contributed by atoms with Crippen molar-refractivity contribution in [1.29, 1.82) is 0 Å². The first-order valence-corrected chi connectivity index (χ1v) is 4.97. The van der Waals surface area contributed by atoms with Gasteiger partial charge in [0.1, 0.15) is 0 Å². The van der Waals surface area contributed by atoms with Gasteiger partial charge in [-0.25, -0.2) is 0 Å². The molecule has 0 saturated heterocycles. The third-order valence-electron chi connectivity index (χ3n) is 3.02. The highest BCUT2D eigenvalue weighted by molar-refractivity contribution is 5.83. The molecule has 1 aliphatic heterocycles. The second kappa shape index (κ2) is 2.82. The van der Waals surface area contributed by atoms with Crippen molar-refractivity contribution in [1.82, 2.24) is 15.1 Å². The summed E-state index contributed by atoms with van der Waals surface area (Å²) in [5.74, 6) is 0. The van der Waals surface area contributed by atoms with E-state index in [2.05, 4.69) is 34.3 Å². The highest BCUT2D eigenvalue weighted by Crippen LogP contribution is 2.25. The van der Waals surface area contributed by atoms with Crippen LogP contribution in [0.3, 0.4) is 0 Å². The summed E-state index contributed by atoms with van der Waals surface area (Å²) in [4.78, 5) is 2.36. The van der Waals surface area contributed by atoms with E-state index in [0.29, 0.717) is 0 Å². The van der Waals surface area contributed by atoms with Gasteiger partial charge in [0.25, 0.3) is 0 Å². The molecule has 0 spiro atoms. The van der Waals surface area contributed by atoms with Crippen molar-refractivity contribution >= 4 is 10.9 Å². The van der Waals surface area contributed by atoms with Crippen LogP contribution in [0.2, 0.25) is 0 Å². The maximum atomic E-state index is 4.09. The first-order chi connectivity index (χ1) is 6.84. The molecule has 3 heteroatoms. The summed E-state index contributed by atoms with van der Waals surface area (Å²) in [5.41, 5.74) is 4.08. The van der Waals surface area contributed by atoms with Gasteiger partial charge in [-0.1, -0.05) is 6.07 Å². The van der Waals surface area contributed by atoms with E-state index < -0.39 is 0 Å². The van der Waals surface area contributed by atoms with E-state index in [4.69, 9.17) is 0 Å². The monoisotopic (exact) mass is 187 g/mol. The lowest BCUT2D eigenvalue weighted by Gasteiger charge is -2.25. The summed E-state index contributed by atoms with van der Waals surface area (Å²) < 4.78 is 0. The Morgan fingerprint density at radius 2 is 2.36 bits per heavy atom. The van der Waals surface area contributed by atoms with Crippen LogP contribution in [0.15, 0.2) is 18.3 Å². The molecular formula is C11H13N3. The number of hydrogen-bond acceptors (Lipinski definition) is 2. The van der Waals surface area contributed by atoms with E-state index in [-0.39, 0.29) is 0 Å². The van der Waals surface area contributed by atoms with Gasteiger partial charge >= 0.3 is 0 Å². The van der Waals surface area contributed by atoms with Gasteiger partial charge in [0.05, 0.1) is 11.7 Å². The van der Waals surface area contributed by atoms with Gasteiger partial charge in [0, 0.05) is 18.5 Å². The van der Waals surface area contributed by atoms with Crippen molar-refractivity contribution in [2.75, 3.05) is 13.6 Å². The smallest absolute Gasteiger partial charge is 0.0653 e. The van der Waals surface area contributed by atoms with Crippen LogP contribution in [-0.4, -0.2) is 28.7 Å². The fourth-order valence-corrected chi connectivity index (χ4v) is 2.20. The van der Waals surface area contributed by atoms with Crippen LogP contribution >= 0.6 is 0 Å². The number of nitrogens with one attached hydrogen (secondary N) is 1. The quantitative estimate of drug-likeness (QED) is 0.678. The van der Waals surface area contributed by atoms with E-state index in [1.807, 2.05) is 6.20 Å². The number of H-pyrrole nitrogens is 1. The Balaban J connectivity index is 2.26. The van der Waals surface area contributed by atoms with Crippen molar-refractivity contribution in [3.8, 4) is 0 Å². The van der Waals surface area contributed by atoms with Gasteiger partial charge < -0.3 is 4.90 Å². The third kappa shape index (κ3) is 1.06. The lowest BCUT2D eigenvalue weighted by atomic mass is 9.97. The highest BCUT2D eigenvalue weighted by Gasteiger charge is 2.15. The zero-order valence-corrected chi connectivity index (χ0v) is 8.25. The number of aromatic nitrogens is 2. The number of rotatable bonds is 0. The lowest BCUT2D eigenvalue weighted by molar-refractivity contribution is 0.314. The minimum atomic E-state index is 1.05. The van der Waals surface area contributed by atoms with Crippen LogP contribution in [0.1, 0.15) is 11.1 Å². The highest BCUT2D eigenvalue weighted by atomic mass is 15.1. The SMILES string of the molecule is CN1CCc2ccc3[nH]ncc3c2C1. The molecule has 0 bridgehead atoms.